The summed E-state index contributed by atoms with van der Waals surface area (Å²) < 4.78 is 34.8. The van der Waals surface area contributed by atoms with E-state index in [-0.39, 0.29) is 52.8 Å². The first-order chi connectivity index (χ1) is 67.8. The van der Waals surface area contributed by atoms with Gasteiger partial charge in [-0.25, -0.2) is 8.42 Å². The maximum atomic E-state index is 12.8. The Bertz CT molecular complexity index is 8130. The van der Waals surface area contributed by atoms with E-state index in [1.165, 1.54) is 83.6 Å². The monoisotopic (exact) mass is 2020 g/mol. The van der Waals surface area contributed by atoms with Crippen molar-refractivity contribution >= 4 is 215 Å². The highest BCUT2D eigenvalue weighted by Gasteiger charge is 2.34. The number of rotatable bonds is 20. The molecule has 0 atom stereocenters. The molecule has 0 bridgehead atoms. The highest BCUT2D eigenvalue weighted by Crippen LogP contribution is 2.43. The number of carbonyl (C=O) groups is 5. The van der Waals surface area contributed by atoms with Crippen LogP contribution in [0.3, 0.4) is 0 Å². The SMILES string of the molecule is CCS(=O)(=O)c1ccc(CNC(=O)c2sc3nnc4c(c3c2N)CCCC4)cc1.COc1ccc(CNC(=O)c2sc3nnc(C)c(C)c3c2N)cc1C.Cc1nnc2sc(C(=O)NC3CN(c4nc5ccccc5o4)C3)c(N)c2c1C.Cc1nnc2sc(C(=O)NCc3ccc(-c4ccc5[nH]ccc5c4C)cc3)c(N)c2c1C.Cc1nnc2sc(C(=O)NCc3ccc(-c4cccs4)cc3)c(N)c2c1C. The summed E-state index contributed by atoms with van der Waals surface area (Å²) in [6, 6.07) is 47.6. The number of para-hydroxylation sites is 2. The van der Waals surface area contributed by atoms with Crippen molar-refractivity contribution in [2.75, 3.05) is 59.5 Å². The van der Waals surface area contributed by atoms with Gasteiger partial charge in [-0.15, -0.1) is 93.5 Å². The van der Waals surface area contributed by atoms with Crippen LogP contribution in [0.5, 0.6) is 5.75 Å². The number of nitrogens with one attached hydrogen (secondary N) is 6. The van der Waals surface area contributed by atoms with Crippen LogP contribution in [0.15, 0.2) is 166 Å². The van der Waals surface area contributed by atoms with Gasteiger partial charge < -0.3 is 74.3 Å². The number of aromatic nitrogens is 12. The smallest absolute Gasteiger partial charge is 0.298 e. The lowest BCUT2D eigenvalue weighted by Crippen LogP contribution is -2.59. The minimum Gasteiger partial charge on any atom is -0.496 e. The lowest BCUT2D eigenvalue weighted by atomic mass is 9.94. The number of hydrogen-bond donors (Lipinski definition) is 11. The molecule has 39 heteroatoms. The van der Waals surface area contributed by atoms with Crippen LogP contribution in [0.1, 0.15) is 158 Å². The van der Waals surface area contributed by atoms with E-state index in [4.69, 9.17) is 37.8 Å². The molecule has 16 N–H and O–H groups in total. The summed E-state index contributed by atoms with van der Waals surface area (Å²) in [6.45, 7) is 23.9. The first-order valence-electron chi connectivity index (χ1n) is 45.2. The van der Waals surface area contributed by atoms with Crippen molar-refractivity contribution in [2.24, 2.45) is 0 Å². The fourth-order valence-corrected chi connectivity index (χ4v) is 23.3. The molecule has 0 saturated carbocycles. The van der Waals surface area contributed by atoms with E-state index in [0.717, 1.165) is 165 Å². The van der Waals surface area contributed by atoms with Crippen molar-refractivity contribution in [3.8, 4) is 27.3 Å². The van der Waals surface area contributed by atoms with Crippen molar-refractivity contribution in [2.45, 2.75) is 139 Å². The van der Waals surface area contributed by atoms with Crippen LogP contribution in [-0.4, -0.2) is 131 Å². The minimum atomic E-state index is -3.23. The molecule has 0 radical (unpaired) electrons. The molecule has 720 valence electrons. The molecule has 0 spiro atoms. The summed E-state index contributed by atoms with van der Waals surface area (Å²) in [5.41, 5.74) is 55.3. The number of amides is 5. The number of anilines is 6. The first-order valence-corrected chi connectivity index (χ1v) is 51.8. The number of H-pyrrole nitrogens is 1. The third-order valence-electron chi connectivity index (χ3n) is 25.2. The molecule has 2 aliphatic rings. The number of aromatic amines is 1. The molecule has 1 aliphatic carbocycles. The number of sulfone groups is 1. The predicted octanol–water partition coefficient (Wildman–Crippen LogP) is 18.5. The first kappa shape index (κ1) is 97.8. The molecule has 32 nitrogen and oxygen atoms in total. The number of nitrogen functional groups attached to an aromatic ring is 5. The van der Waals surface area contributed by atoms with Crippen LogP contribution in [0, 0.1) is 69.2 Å². The number of oxazole rings is 1. The standard InChI is InChI=1S/C25H23N5OS.C20H22N4O3S2.C20H18N4OS2.C19H18N6O2S.C18H20N4O2S/c1-13-15(3)29-30-25-21(13)22(26)23(32-25)24(31)28-12-16-4-6-17(7-5-16)18-8-9-20-19(14(18)2)10-11-27-20;1-2-29(26,27)13-9-7-12(8-10-13)11-22-19(25)18-17(21)16-14-5-3-4-6-15(14)23-24-20(16)28-18;1-11-12(2)23-24-20-16(11)17(21)18(27-20)19(25)22-10-13-5-7-14(8-6-13)15-4-3-9-26-15;1-9-10(2)23-24-18-14(9)15(20)16(28-18)17(26)21-11-7-25(8-11)19-22-12-5-3-4-6-13(12)27-19;1-9-7-12(5-6-13(9)24-4)8-20-17(23)16-15(19)14-10(2)11(3)21-22-18(14)25-16/h4-11,27H,12,26H2,1-3H3,(H,28,31);7-10H,2-6,11,21H2,1H3,(H,22,25);3-9H,10,21H2,1-2H3,(H,22,25);3-6,11H,7-8,20H2,1-2H3,(H,21,26);5-7H,8,19H2,1-4H3,(H,20,23). The third kappa shape index (κ3) is 20.5. The van der Waals surface area contributed by atoms with Crippen LogP contribution in [0.25, 0.3) is 94.7 Å². The Morgan fingerprint density at radius 1 is 0.468 bits per heavy atom. The molecule has 141 heavy (non-hydrogen) atoms. The van der Waals surface area contributed by atoms with Crippen LogP contribution in [-0.2, 0) is 48.9 Å². The highest BCUT2D eigenvalue weighted by atomic mass is 32.2. The van der Waals surface area contributed by atoms with Crippen LogP contribution in [0.2, 0.25) is 0 Å². The van der Waals surface area contributed by atoms with Gasteiger partial charge >= 0.3 is 0 Å². The lowest BCUT2D eigenvalue weighted by Gasteiger charge is -2.38. The second-order valence-corrected chi connectivity index (χ2v) is 42.5. The summed E-state index contributed by atoms with van der Waals surface area (Å²) in [7, 11) is -1.59. The van der Waals surface area contributed by atoms with Gasteiger partial charge in [0.1, 0.15) is 59.8 Å². The number of benzene rings is 6. The number of aryl methyl sites for hydroxylation is 12. The Morgan fingerprint density at radius 2 is 0.901 bits per heavy atom. The Balaban J connectivity index is 0.000000122. The third-order valence-corrected chi connectivity index (χ3v) is 33.3. The summed E-state index contributed by atoms with van der Waals surface area (Å²) in [6.07, 6.45) is 5.97. The Morgan fingerprint density at radius 3 is 1.36 bits per heavy atom. The maximum Gasteiger partial charge on any atom is 0.298 e. The maximum absolute atomic E-state index is 12.8. The van der Waals surface area contributed by atoms with Gasteiger partial charge in [0.15, 0.2) is 15.4 Å². The zero-order chi connectivity index (χ0) is 99.5. The van der Waals surface area contributed by atoms with Gasteiger partial charge in [-0.05, 0) is 227 Å². The highest BCUT2D eigenvalue weighted by molar-refractivity contribution is 7.91. The number of nitrogens with zero attached hydrogens (tertiary/aromatic N) is 12. The molecule has 6 aromatic carbocycles. The van der Waals surface area contributed by atoms with Crippen LogP contribution in [0.4, 0.5) is 34.5 Å². The molecule has 14 heterocycles. The summed E-state index contributed by atoms with van der Waals surface area (Å²) in [5, 5.41) is 64.0. The molecular weight excluding hydrogens is 1920 g/mol. The minimum absolute atomic E-state index is 0.0149. The zero-order valence-electron chi connectivity index (χ0n) is 79.2. The van der Waals surface area contributed by atoms with Crippen molar-refractivity contribution in [1.29, 1.82) is 0 Å². The molecular formula is C102H101N23O9S7. The molecule has 13 aromatic heterocycles. The van der Waals surface area contributed by atoms with Gasteiger partial charge in [0.05, 0.1) is 80.7 Å². The van der Waals surface area contributed by atoms with E-state index < -0.39 is 9.84 Å². The van der Waals surface area contributed by atoms with Crippen LogP contribution >= 0.6 is 68.0 Å². The Hall–Kier alpha value is -14.9. The second-order valence-electron chi connectivity index (χ2n) is 34.3. The molecule has 19 aromatic rings. The predicted molar refractivity (Wildman–Crippen MR) is 566 cm³/mol. The molecule has 5 amide bonds. The number of fused-ring (bicyclic) bond motifs is 9. The van der Waals surface area contributed by atoms with Gasteiger partial charge in [0.25, 0.3) is 35.6 Å². The fraction of sp³-hybridized carbons (Fsp3) is 0.235. The number of thiophene rings is 6. The number of ether oxygens (including phenoxy) is 1. The van der Waals surface area contributed by atoms with Crippen LogP contribution < -0.4 is 64.9 Å². The summed E-state index contributed by atoms with van der Waals surface area (Å²) in [5.74, 6) is -0.143. The van der Waals surface area contributed by atoms with Crippen molar-refractivity contribution in [3.63, 3.8) is 0 Å². The fourth-order valence-electron chi connectivity index (χ4n) is 16.7. The molecule has 1 saturated heterocycles. The second kappa shape index (κ2) is 41.7. The molecule has 1 aliphatic heterocycles. The van der Waals surface area contributed by atoms with E-state index >= 15 is 0 Å². The number of methoxy groups -OCH3 is 1. The Labute approximate surface area is 834 Å². The van der Waals surface area contributed by atoms with E-state index in [1.54, 1.807) is 49.6 Å². The number of hydrogen-bond acceptors (Lipinski definition) is 32. The average Bonchev–Trinajstić information content (AvgIpc) is 1.59. The topological polar surface area (TPSA) is 493 Å². The largest absolute Gasteiger partial charge is 0.496 e. The normalized spacial score (nSPS) is 12.4. The quantitative estimate of drug-likeness (QED) is 0.0337. The molecule has 21 rings (SSSR count). The number of carbonyl (C=O) groups excluding carboxylic acids is 5. The summed E-state index contributed by atoms with van der Waals surface area (Å²) in [4.78, 5) is 80.5. The van der Waals surface area contributed by atoms with Gasteiger partial charge in [-0.1, -0.05) is 104 Å². The van der Waals surface area contributed by atoms with E-state index in [2.05, 4.69) is 148 Å². The zero-order valence-corrected chi connectivity index (χ0v) is 84.9. The van der Waals surface area contributed by atoms with E-state index in [1.807, 2.05) is 146 Å². The average molecular weight is 2020 g/mol. The van der Waals surface area contributed by atoms with Crippen molar-refractivity contribution < 1.29 is 41.5 Å². The van der Waals surface area contributed by atoms with Gasteiger partial charge in [-0.2, -0.15) is 30.5 Å². The number of nitrogens with two attached hydrogens (primary N) is 5. The molecule has 0 unspecified atom stereocenters. The Kier molecular flexibility index (Phi) is 28.9. The van der Waals surface area contributed by atoms with Gasteiger partial charge in [-0.3, -0.25) is 24.0 Å². The summed E-state index contributed by atoms with van der Waals surface area (Å²) >= 11 is 8.07. The van der Waals surface area contributed by atoms with E-state index in [0.29, 0.717) is 116 Å². The van der Waals surface area contributed by atoms with Crippen molar-refractivity contribution in [3.05, 3.63) is 271 Å². The van der Waals surface area contributed by atoms with Crippen molar-refractivity contribution in [1.82, 2.24) is 87.5 Å². The van der Waals surface area contributed by atoms with Gasteiger partial charge in [0, 0.05) is 88.2 Å². The lowest BCUT2D eigenvalue weighted by molar-refractivity contribution is 0.0928. The molecule has 1 fully saturated rings. The van der Waals surface area contributed by atoms with Gasteiger partial charge in [0.2, 0.25) is 0 Å². The van der Waals surface area contributed by atoms with E-state index in [9.17, 15) is 32.4 Å².